The molecule has 1 fully saturated rings. The molecule has 1 atom stereocenters. The molecule has 1 unspecified atom stereocenters. The van der Waals surface area contributed by atoms with Crippen LogP contribution in [0.25, 0.3) is 0 Å². The lowest BCUT2D eigenvalue weighted by Crippen LogP contribution is -2.47. The highest BCUT2D eigenvalue weighted by atomic mass is 16.3. The lowest BCUT2D eigenvalue weighted by atomic mass is 10.1. The molecule has 1 saturated heterocycles. The number of hydrogen-bond donors (Lipinski definition) is 2. The smallest absolute Gasteiger partial charge is 0.251 e. The summed E-state index contributed by atoms with van der Waals surface area (Å²) in [6.45, 7) is 2.80. The topological polar surface area (TPSA) is 65.5 Å². The number of aliphatic hydroxyl groups is 1. The van der Waals surface area contributed by atoms with E-state index in [1.165, 1.54) is 19.3 Å². The van der Waals surface area contributed by atoms with Crippen molar-refractivity contribution < 1.29 is 9.90 Å². The number of aromatic nitrogens is 1. The summed E-state index contributed by atoms with van der Waals surface area (Å²) >= 11 is 0. The third kappa shape index (κ3) is 4.29. The van der Waals surface area contributed by atoms with E-state index in [1.807, 2.05) is 0 Å². The van der Waals surface area contributed by atoms with Crippen LogP contribution in [0.4, 0.5) is 0 Å². The van der Waals surface area contributed by atoms with Gasteiger partial charge in [-0.1, -0.05) is 6.42 Å². The predicted molar refractivity (Wildman–Crippen MR) is 72.9 cm³/mol. The van der Waals surface area contributed by atoms with Gasteiger partial charge in [-0.05, 0) is 38.1 Å². The minimum Gasteiger partial charge on any atom is -0.394 e. The number of nitrogens with zero attached hydrogens (tertiary/aromatic N) is 2. The van der Waals surface area contributed by atoms with Crippen molar-refractivity contribution in [2.24, 2.45) is 0 Å². The molecule has 0 bridgehead atoms. The van der Waals surface area contributed by atoms with Crippen LogP contribution in [-0.4, -0.2) is 53.2 Å². The maximum atomic E-state index is 12.0. The van der Waals surface area contributed by atoms with Gasteiger partial charge in [0.2, 0.25) is 0 Å². The molecule has 5 heteroatoms. The van der Waals surface area contributed by atoms with Gasteiger partial charge in [0, 0.05) is 24.5 Å². The maximum absolute atomic E-state index is 12.0. The van der Waals surface area contributed by atoms with E-state index in [1.54, 1.807) is 24.5 Å². The molecule has 2 N–H and O–H groups in total. The summed E-state index contributed by atoms with van der Waals surface area (Å²) in [6, 6.07) is 3.13. The van der Waals surface area contributed by atoms with E-state index in [0.717, 1.165) is 13.1 Å². The van der Waals surface area contributed by atoms with Gasteiger partial charge in [-0.3, -0.25) is 9.78 Å². The minimum atomic E-state index is -0.209. The van der Waals surface area contributed by atoms with Gasteiger partial charge in [-0.2, -0.15) is 0 Å². The van der Waals surface area contributed by atoms with Gasteiger partial charge in [0.25, 0.3) is 5.91 Å². The van der Waals surface area contributed by atoms with Gasteiger partial charge < -0.3 is 15.3 Å². The van der Waals surface area contributed by atoms with Crippen LogP contribution in [0.3, 0.4) is 0 Å². The lowest BCUT2D eigenvalue weighted by Gasteiger charge is -2.30. The Balaban J connectivity index is 1.86. The number of likely N-dealkylation sites (tertiary alicyclic amines) is 1. The zero-order chi connectivity index (χ0) is 13.5. The Morgan fingerprint density at radius 2 is 2.00 bits per heavy atom. The summed E-state index contributed by atoms with van der Waals surface area (Å²) < 4.78 is 0. The fraction of sp³-hybridized carbons (Fsp3) is 0.571. The van der Waals surface area contributed by atoms with E-state index < -0.39 is 0 Å². The van der Waals surface area contributed by atoms with Crippen molar-refractivity contribution in [1.29, 1.82) is 0 Å². The third-order valence-electron chi connectivity index (χ3n) is 3.43. The number of piperidine rings is 1. The summed E-state index contributed by atoms with van der Waals surface area (Å²) in [7, 11) is 0. The van der Waals surface area contributed by atoms with Crippen LogP contribution < -0.4 is 5.32 Å². The molecule has 5 nitrogen and oxygen atoms in total. The van der Waals surface area contributed by atoms with Crippen LogP contribution in [0.5, 0.6) is 0 Å². The van der Waals surface area contributed by atoms with Crippen LogP contribution in [0.1, 0.15) is 29.6 Å². The fourth-order valence-corrected chi connectivity index (χ4v) is 2.37. The molecule has 1 aromatic rings. The van der Waals surface area contributed by atoms with E-state index in [-0.39, 0.29) is 18.6 Å². The van der Waals surface area contributed by atoms with Crippen molar-refractivity contribution in [2.45, 2.75) is 25.3 Å². The molecule has 0 spiro atoms. The largest absolute Gasteiger partial charge is 0.394 e. The molecule has 2 rings (SSSR count). The van der Waals surface area contributed by atoms with Gasteiger partial charge >= 0.3 is 0 Å². The van der Waals surface area contributed by atoms with E-state index in [2.05, 4.69) is 15.2 Å². The van der Waals surface area contributed by atoms with Crippen molar-refractivity contribution >= 4 is 5.91 Å². The number of aliphatic hydroxyl groups excluding tert-OH is 1. The lowest BCUT2D eigenvalue weighted by molar-refractivity contribution is 0.0886. The maximum Gasteiger partial charge on any atom is 0.251 e. The molecule has 1 amide bonds. The first-order valence-corrected chi connectivity index (χ1v) is 6.83. The number of carbonyl (C=O) groups excluding carboxylic acids is 1. The second kappa shape index (κ2) is 7.21. The van der Waals surface area contributed by atoms with Crippen molar-refractivity contribution in [3.8, 4) is 0 Å². The summed E-state index contributed by atoms with van der Waals surface area (Å²) in [5, 5.41) is 12.3. The number of rotatable bonds is 5. The number of carbonyl (C=O) groups is 1. The third-order valence-corrected chi connectivity index (χ3v) is 3.43. The molecule has 1 aromatic heterocycles. The van der Waals surface area contributed by atoms with Crippen molar-refractivity contribution in [2.75, 3.05) is 26.2 Å². The Bertz CT molecular complexity index is 391. The zero-order valence-electron chi connectivity index (χ0n) is 11.1. The SMILES string of the molecule is O=C(NC(CO)CN1CCCCC1)c1ccncc1. The summed E-state index contributed by atoms with van der Waals surface area (Å²) in [5.74, 6) is -0.154. The minimum absolute atomic E-state index is 0.0344. The Kier molecular flexibility index (Phi) is 5.30. The van der Waals surface area contributed by atoms with Gasteiger partial charge in [0.15, 0.2) is 0 Å². The average Bonchev–Trinajstić information content (AvgIpc) is 2.48. The van der Waals surface area contributed by atoms with Crippen LogP contribution in [0, 0.1) is 0 Å². The van der Waals surface area contributed by atoms with E-state index in [9.17, 15) is 9.90 Å². The molecule has 104 valence electrons. The molecule has 1 aliphatic rings. The first kappa shape index (κ1) is 14.0. The molecule has 0 radical (unpaired) electrons. The van der Waals surface area contributed by atoms with Crippen LogP contribution in [-0.2, 0) is 0 Å². The van der Waals surface area contributed by atoms with E-state index >= 15 is 0 Å². The van der Waals surface area contributed by atoms with Crippen molar-refractivity contribution in [1.82, 2.24) is 15.2 Å². The highest BCUT2D eigenvalue weighted by Crippen LogP contribution is 2.09. The van der Waals surface area contributed by atoms with Gasteiger partial charge in [-0.15, -0.1) is 0 Å². The number of hydrogen-bond acceptors (Lipinski definition) is 4. The quantitative estimate of drug-likeness (QED) is 0.819. The summed E-state index contributed by atoms with van der Waals surface area (Å²) in [6.07, 6.45) is 6.87. The summed E-state index contributed by atoms with van der Waals surface area (Å²) in [4.78, 5) is 18.2. The first-order valence-electron chi connectivity index (χ1n) is 6.83. The molecule has 19 heavy (non-hydrogen) atoms. The number of nitrogens with one attached hydrogen (secondary N) is 1. The van der Waals surface area contributed by atoms with Gasteiger partial charge in [0.05, 0.1) is 12.6 Å². The molecule has 1 aliphatic heterocycles. The second-order valence-corrected chi connectivity index (χ2v) is 4.95. The van der Waals surface area contributed by atoms with Crippen LogP contribution in [0.15, 0.2) is 24.5 Å². The fourth-order valence-electron chi connectivity index (χ4n) is 2.37. The van der Waals surface area contributed by atoms with Crippen molar-refractivity contribution in [3.05, 3.63) is 30.1 Å². The predicted octanol–water partition coefficient (Wildman–Crippen LogP) is 0.658. The second-order valence-electron chi connectivity index (χ2n) is 4.95. The first-order chi connectivity index (χ1) is 9.29. The molecular formula is C14H21N3O2. The Labute approximate surface area is 113 Å². The molecular weight excluding hydrogens is 242 g/mol. The van der Waals surface area contributed by atoms with Crippen LogP contribution >= 0.6 is 0 Å². The highest BCUT2D eigenvalue weighted by molar-refractivity contribution is 5.94. The molecule has 0 saturated carbocycles. The molecule has 2 heterocycles. The molecule has 0 aromatic carbocycles. The zero-order valence-corrected chi connectivity index (χ0v) is 11.1. The van der Waals surface area contributed by atoms with Crippen LogP contribution in [0.2, 0.25) is 0 Å². The normalized spacial score (nSPS) is 17.9. The summed E-state index contributed by atoms with van der Waals surface area (Å²) in [5.41, 5.74) is 0.576. The van der Waals surface area contributed by atoms with E-state index in [0.29, 0.717) is 12.1 Å². The van der Waals surface area contributed by atoms with E-state index in [4.69, 9.17) is 0 Å². The Morgan fingerprint density at radius 1 is 1.32 bits per heavy atom. The highest BCUT2D eigenvalue weighted by Gasteiger charge is 2.18. The average molecular weight is 263 g/mol. The monoisotopic (exact) mass is 263 g/mol. The Hall–Kier alpha value is -1.46. The Morgan fingerprint density at radius 3 is 2.63 bits per heavy atom. The standard InChI is InChI=1S/C14H21N3O2/c18-11-13(10-17-8-2-1-3-9-17)16-14(19)12-4-6-15-7-5-12/h4-7,13,18H,1-3,8-11H2,(H,16,19). The number of amides is 1. The van der Waals surface area contributed by atoms with Crippen molar-refractivity contribution in [3.63, 3.8) is 0 Å². The number of pyridine rings is 1. The van der Waals surface area contributed by atoms with Gasteiger partial charge in [0.1, 0.15) is 0 Å². The molecule has 0 aliphatic carbocycles. The van der Waals surface area contributed by atoms with Gasteiger partial charge in [-0.25, -0.2) is 0 Å².